The normalized spacial score (nSPS) is 14.6. The maximum atomic E-state index is 11.1. The van der Waals surface area contributed by atoms with Crippen LogP contribution in [0.4, 0.5) is 5.69 Å². The van der Waals surface area contributed by atoms with Crippen LogP contribution in [-0.4, -0.2) is 29.3 Å². The van der Waals surface area contributed by atoms with Crippen LogP contribution >= 0.6 is 0 Å². The van der Waals surface area contributed by atoms with E-state index in [0.29, 0.717) is 13.0 Å². The fraction of sp³-hybridized carbons (Fsp3) is 0.182. The Balaban J connectivity index is 2.16. The number of ketones is 1. The predicted molar refractivity (Wildman–Crippen MR) is 58.5 cm³/mol. The molecule has 1 fully saturated rings. The number of Topliss-reactive ketones (excluding diaryl/α,β-unsaturated/α-hetero) is 1. The van der Waals surface area contributed by atoms with Gasteiger partial charge < -0.3 is 5.11 Å². The molecule has 0 bridgehead atoms. The number of hydrazine groups is 1. The molecule has 2 rings (SSSR count). The van der Waals surface area contributed by atoms with Crippen molar-refractivity contribution in [2.45, 2.75) is 6.42 Å². The molecule has 0 saturated carbocycles. The number of carboxylic acids is 1. The molecule has 0 radical (unpaired) electrons. The van der Waals surface area contributed by atoms with E-state index in [0.717, 1.165) is 5.69 Å². The van der Waals surface area contributed by atoms with Crippen molar-refractivity contribution in [1.82, 2.24) is 5.43 Å². The molecule has 6 heteroatoms. The summed E-state index contributed by atoms with van der Waals surface area (Å²) in [5.74, 6) is -2.48. The highest BCUT2D eigenvalue weighted by molar-refractivity contribution is 6.39. The minimum Gasteiger partial charge on any atom is -0.475 e. The topological polar surface area (TPSA) is 86.7 Å². The number of hydrogen-bond acceptors (Lipinski definition) is 4. The van der Waals surface area contributed by atoms with Gasteiger partial charge in [-0.3, -0.25) is 20.0 Å². The first kappa shape index (κ1) is 11.1. The molecule has 1 saturated heterocycles. The SMILES string of the molecule is O=C1CCN(c2ccc(C(=O)C(=O)O)cc2)N1. The van der Waals surface area contributed by atoms with Gasteiger partial charge in [0.15, 0.2) is 0 Å². The average molecular weight is 234 g/mol. The highest BCUT2D eigenvalue weighted by Crippen LogP contribution is 2.16. The van der Waals surface area contributed by atoms with E-state index in [4.69, 9.17) is 5.11 Å². The van der Waals surface area contributed by atoms with E-state index in [1.165, 1.54) is 12.1 Å². The molecular weight excluding hydrogens is 224 g/mol. The van der Waals surface area contributed by atoms with Gasteiger partial charge in [0, 0.05) is 18.5 Å². The van der Waals surface area contributed by atoms with Crippen molar-refractivity contribution in [3.05, 3.63) is 29.8 Å². The number of anilines is 1. The van der Waals surface area contributed by atoms with Crippen LogP contribution in [0.3, 0.4) is 0 Å². The highest BCUT2D eigenvalue weighted by atomic mass is 16.4. The molecule has 0 aromatic heterocycles. The van der Waals surface area contributed by atoms with Crippen LogP contribution in [0.15, 0.2) is 24.3 Å². The van der Waals surface area contributed by atoms with E-state index in [1.807, 2.05) is 0 Å². The monoisotopic (exact) mass is 234 g/mol. The van der Waals surface area contributed by atoms with Gasteiger partial charge in [0.25, 0.3) is 5.78 Å². The van der Waals surface area contributed by atoms with Crippen LogP contribution in [0, 0.1) is 0 Å². The lowest BCUT2D eigenvalue weighted by Gasteiger charge is -2.17. The van der Waals surface area contributed by atoms with Crippen molar-refractivity contribution in [2.24, 2.45) is 0 Å². The number of aliphatic carboxylic acids is 1. The fourth-order valence-corrected chi connectivity index (χ4v) is 1.59. The third-order valence-electron chi connectivity index (χ3n) is 2.46. The highest BCUT2D eigenvalue weighted by Gasteiger charge is 2.19. The van der Waals surface area contributed by atoms with Crippen molar-refractivity contribution in [1.29, 1.82) is 0 Å². The standard InChI is InChI=1S/C11H10N2O4/c14-9-5-6-13(12-9)8-3-1-7(2-4-8)10(15)11(16)17/h1-4H,5-6H2,(H,12,14)(H,16,17). The van der Waals surface area contributed by atoms with E-state index in [1.54, 1.807) is 17.1 Å². The summed E-state index contributed by atoms with van der Waals surface area (Å²) in [6, 6.07) is 6.05. The lowest BCUT2D eigenvalue weighted by atomic mass is 10.1. The van der Waals surface area contributed by atoms with E-state index >= 15 is 0 Å². The second-order valence-electron chi connectivity index (χ2n) is 3.62. The van der Waals surface area contributed by atoms with Gasteiger partial charge in [-0.1, -0.05) is 0 Å². The van der Waals surface area contributed by atoms with Crippen molar-refractivity contribution in [3.63, 3.8) is 0 Å². The number of benzene rings is 1. The number of carbonyl (C=O) groups is 3. The zero-order valence-electron chi connectivity index (χ0n) is 8.84. The summed E-state index contributed by atoms with van der Waals surface area (Å²) in [6.07, 6.45) is 0.426. The van der Waals surface area contributed by atoms with Crippen LogP contribution in [0.2, 0.25) is 0 Å². The molecule has 1 aliphatic heterocycles. The number of nitrogens with zero attached hydrogens (tertiary/aromatic N) is 1. The maximum Gasteiger partial charge on any atom is 0.377 e. The lowest BCUT2D eigenvalue weighted by Crippen LogP contribution is -2.32. The number of nitrogens with one attached hydrogen (secondary N) is 1. The third-order valence-corrected chi connectivity index (χ3v) is 2.46. The molecule has 88 valence electrons. The van der Waals surface area contributed by atoms with Crippen LogP contribution in [0.25, 0.3) is 0 Å². The summed E-state index contributed by atoms with van der Waals surface area (Å²) >= 11 is 0. The van der Waals surface area contributed by atoms with Gasteiger partial charge in [0.1, 0.15) is 0 Å². The molecule has 2 N–H and O–H groups in total. The molecule has 17 heavy (non-hydrogen) atoms. The molecule has 1 aliphatic rings. The van der Waals surface area contributed by atoms with Crippen LogP contribution in [-0.2, 0) is 9.59 Å². The minimum absolute atomic E-state index is 0.0595. The molecule has 0 unspecified atom stereocenters. The molecule has 1 heterocycles. The Morgan fingerprint density at radius 3 is 2.35 bits per heavy atom. The molecule has 1 aromatic rings. The fourth-order valence-electron chi connectivity index (χ4n) is 1.59. The van der Waals surface area contributed by atoms with Gasteiger partial charge >= 0.3 is 5.97 Å². The van der Waals surface area contributed by atoms with Gasteiger partial charge in [0.05, 0.1) is 5.69 Å². The van der Waals surface area contributed by atoms with Gasteiger partial charge in [-0.25, -0.2) is 4.79 Å². The Kier molecular flexibility index (Phi) is 2.78. The molecule has 0 atom stereocenters. The summed E-state index contributed by atoms with van der Waals surface area (Å²) in [6.45, 7) is 0.561. The number of carboxylic acid groups (broad SMARTS) is 1. The quantitative estimate of drug-likeness (QED) is 0.576. The van der Waals surface area contributed by atoms with Crippen LogP contribution in [0.5, 0.6) is 0 Å². The van der Waals surface area contributed by atoms with Gasteiger partial charge in [-0.15, -0.1) is 0 Å². The van der Waals surface area contributed by atoms with E-state index in [2.05, 4.69) is 5.43 Å². The zero-order valence-corrected chi connectivity index (χ0v) is 8.84. The molecule has 0 aliphatic carbocycles. The summed E-state index contributed by atoms with van der Waals surface area (Å²) in [5.41, 5.74) is 3.47. The third kappa shape index (κ3) is 2.25. The smallest absolute Gasteiger partial charge is 0.377 e. The minimum atomic E-state index is -1.48. The van der Waals surface area contributed by atoms with Crippen LogP contribution < -0.4 is 10.4 Å². The Hall–Kier alpha value is -2.37. The number of hydrogen-bond donors (Lipinski definition) is 2. The Labute approximate surface area is 96.8 Å². The molecule has 1 amide bonds. The summed E-state index contributed by atoms with van der Waals surface area (Å²) in [4.78, 5) is 32.6. The Bertz CT molecular complexity index is 481. The molecule has 6 nitrogen and oxygen atoms in total. The number of rotatable bonds is 3. The molecule has 0 spiro atoms. The zero-order chi connectivity index (χ0) is 12.4. The van der Waals surface area contributed by atoms with E-state index < -0.39 is 11.8 Å². The van der Waals surface area contributed by atoms with Gasteiger partial charge in [0.2, 0.25) is 5.91 Å². The summed E-state index contributed by atoms with van der Waals surface area (Å²) in [7, 11) is 0. The molecule has 1 aromatic carbocycles. The van der Waals surface area contributed by atoms with Crippen molar-refractivity contribution in [3.8, 4) is 0 Å². The van der Waals surface area contributed by atoms with Crippen molar-refractivity contribution < 1.29 is 19.5 Å². The number of carbonyl (C=O) groups excluding carboxylic acids is 2. The predicted octanol–water partition coefficient (Wildman–Crippen LogP) is 0.195. The van der Waals surface area contributed by atoms with Crippen molar-refractivity contribution >= 4 is 23.3 Å². The Morgan fingerprint density at radius 2 is 1.88 bits per heavy atom. The first-order valence-electron chi connectivity index (χ1n) is 5.02. The largest absolute Gasteiger partial charge is 0.475 e. The van der Waals surface area contributed by atoms with Gasteiger partial charge in [-0.05, 0) is 24.3 Å². The molecular formula is C11H10N2O4. The summed E-state index contributed by atoms with van der Waals surface area (Å²) in [5, 5.41) is 10.2. The summed E-state index contributed by atoms with van der Waals surface area (Å²) < 4.78 is 0. The maximum absolute atomic E-state index is 11.1. The second kappa shape index (κ2) is 4.25. The second-order valence-corrected chi connectivity index (χ2v) is 3.62. The Morgan fingerprint density at radius 1 is 1.24 bits per heavy atom. The first-order valence-corrected chi connectivity index (χ1v) is 5.02. The van der Waals surface area contributed by atoms with Crippen molar-refractivity contribution in [2.75, 3.05) is 11.6 Å². The first-order chi connectivity index (χ1) is 8.08. The van der Waals surface area contributed by atoms with E-state index in [9.17, 15) is 14.4 Å². The van der Waals surface area contributed by atoms with Crippen LogP contribution in [0.1, 0.15) is 16.8 Å². The average Bonchev–Trinajstić information content (AvgIpc) is 2.75. The van der Waals surface area contributed by atoms with E-state index in [-0.39, 0.29) is 11.5 Å². The van der Waals surface area contributed by atoms with Gasteiger partial charge in [-0.2, -0.15) is 0 Å². The number of amides is 1. The lowest BCUT2D eigenvalue weighted by molar-refractivity contribution is -0.131.